The molecule has 0 saturated carbocycles. The van der Waals surface area contributed by atoms with Crippen LogP contribution in [0.25, 0.3) is 0 Å². The molecule has 0 bridgehead atoms. The van der Waals surface area contributed by atoms with Crippen molar-refractivity contribution in [1.29, 1.82) is 0 Å². The van der Waals surface area contributed by atoms with E-state index in [1.807, 2.05) is 42.5 Å². The number of likely N-dealkylation sites (N-methyl/N-ethyl adjacent to an activating group) is 1. The van der Waals surface area contributed by atoms with Crippen molar-refractivity contribution in [1.82, 2.24) is 0 Å². The maximum Gasteiger partial charge on any atom is 0.120 e. The molecule has 0 heterocycles. The van der Waals surface area contributed by atoms with E-state index in [4.69, 9.17) is 16.3 Å². The summed E-state index contributed by atoms with van der Waals surface area (Å²) < 4.78 is 5.24. The van der Waals surface area contributed by atoms with Gasteiger partial charge in [-0.15, -0.1) is 0 Å². The Labute approximate surface area is 125 Å². The van der Waals surface area contributed by atoms with Gasteiger partial charge in [-0.3, -0.25) is 0 Å². The van der Waals surface area contributed by atoms with E-state index in [0.29, 0.717) is 0 Å². The summed E-state index contributed by atoms with van der Waals surface area (Å²) in [6, 6.07) is 15.8. The predicted molar refractivity (Wildman–Crippen MR) is 86.2 cm³/mol. The molecule has 0 atom stereocenters. The van der Waals surface area contributed by atoms with E-state index in [2.05, 4.69) is 23.3 Å². The number of nitrogens with zero attached hydrogens (tertiary/aromatic N) is 1. The summed E-state index contributed by atoms with van der Waals surface area (Å²) in [7, 11) is 3.74. The van der Waals surface area contributed by atoms with Crippen LogP contribution in [0.5, 0.6) is 5.75 Å². The minimum Gasteiger partial charge on any atom is -0.497 e. The highest BCUT2D eigenvalue weighted by atomic mass is 35.5. The number of hydrogen-bond acceptors (Lipinski definition) is 3. The Hall–Kier alpha value is -1.87. The summed E-state index contributed by atoms with van der Waals surface area (Å²) in [5, 5.41) is 4.10. The smallest absolute Gasteiger partial charge is 0.120 e. The Morgan fingerprint density at radius 1 is 1.15 bits per heavy atom. The third kappa shape index (κ3) is 4.07. The van der Waals surface area contributed by atoms with Gasteiger partial charge < -0.3 is 15.0 Å². The topological polar surface area (TPSA) is 24.5 Å². The van der Waals surface area contributed by atoms with Crippen LogP contribution >= 0.6 is 11.6 Å². The summed E-state index contributed by atoms with van der Waals surface area (Å²) in [5.74, 6) is 0.872. The Kier molecular flexibility index (Phi) is 5.13. The zero-order chi connectivity index (χ0) is 14.4. The van der Waals surface area contributed by atoms with Crippen molar-refractivity contribution >= 4 is 23.0 Å². The van der Waals surface area contributed by atoms with Gasteiger partial charge in [-0.2, -0.15) is 0 Å². The van der Waals surface area contributed by atoms with E-state index in [-0.39, 0.29) is 0 Å². The first-order valence-corrected chi connectivity index (χ1v) is 6.91. The van der Waals surface area contributed by atoms with Gasteiger partial charge >= 0.3 is 0 Å². The first kappa shape index (κ1) is 14.5. The number of methoxy groups -OCH3 is 1. The largest absolute Gasteiger partial charge is 0.497 e. The summed E-state index contributed by atoms with van der Waals surface area (Å²) in [6.45, 7) is 1.73. The van der Waals surface area contributed by atoms with E-state index in [1.54, 1.807) is 7.11 Å². The van der Waals surface area contributed by atoms with Gasteiger partial charge in [0.15, 0.2) is 0 Å². The lowest BCUT2D eigenvalue weighted by molar-refractivity contribution is 0.415. The SMILES string of the molecule is COc1cccc(N(C)CCNc2cccc(Cl)c2)c1. The molecule has 0 saturated heterocycles. The molecular formula is C16H19ClN2O. The van der Waals surface area contributed by atoms with Crippen molar-refractivity contribution in [2.45, 2.75) is 0 Å². The van der Waals surface area contributed by atoms with Gasteiger partial charge in [0.1, 0.15) is 5.75 Å². The van der Waals surface area contributed by atoms with Crippen LogP contribution in [0, 0.1) is 0 Å². The van der Waals surface area contributed by atoms with Gasteiger partial charge in [-0.05, 0) is 30.3 Å². The molecule has 106 valence electrons. The predicted octanol–water partition coefficient (Wildman–Crippen LogP) is 3.90. The molecule has 0 radical (unpaired) electrons. The summed E-state index contributed by atoms with van der Waals surface area (Å²) in [5.41, 5.74) is 2.17. The molecule has 2 aromatic rings. The maximum absolute atomic E-state index is 5.95. The molecule has 0 spiro atoms. The van der Waals surface area contributed by atoms with Crippen LogP contribution in [0.15, 0.2) is 48.5 Å². The number of hydrogen-bond donors (Lipinski definition) is 1. The molecule has 1 N–H and O–H groups in total. The maximum atomic E-state index is 5.95. The van der Waals surface area contributed by atoms with Crippen LogP contribution in [0.4, 0.5) is 11.4 Å². The minimum atomic E-state index is 0.746. The van der Waals surface area contributed by atoms with Crippen molar-refractivity contribution < 1.29 is 4.74 Å². The van der Waals surface area contributed by atoms with E-state index < -0.39 is 0 Å². The van der Waals surface area contributed by atoms with Gasteiger partial charge in [-0.25, -0.2) is 0 Å². The molecule has 0 aliphatic heterocycles. The second-order valence-electron chi connectivity index (χ2n) is 4.56. The van der Waals surface area contributed by atoms with Gasteiger partial charge in [0.2, 0.25) is 0 Å². The second-order valence-corrected chi connectivity index (χ2v) is 5.00. The minimum absolute atomic E-state index is 0.746. The molecule has 2 aromatic carbocycles. The van der Waals surface area contributed by atoms with Crippen LogP contribution in [0.3, 0.4) is 0 Å². The molecule has 0 aromatic heterocycles. The molecule has 0 aliphatic carbocycles. The molecule has 0 aliphatic rings. The number of ether oxygens (including phenoxy) is 1. The van der Waals surface area contributed by atoms with E-state index in [1.165, 1.54) is 0 Å². The summed E-state index contributed by atoms with van der Waals surface area (Å²) in [6.07, 6.45) is 0. The third-order valence-corrected chi connectivity index (χ3v) is 3.33. The van der Waals surface area contributed by atoms with Crippen LogP contribution in [-0.2, 0) is 0 Å². The van der Waals surface area contributed by atoms with E-state index in [0.717, 1.165) is 35.2 Å². The number of benzene rings is 2. The Bertz CT molecular complexity index is 560. The normalized spacial score (nSPS) is 10.2. The average Bonchev–Trinajstić information content (AvgIpc) is 2.47. The van der Waals surface area contributed by atoms with Crippen LogP contribution in [-0.4, -0.2) is 27.2 Å². The lowest BCUT2D eigenvalue weighted by Gasteiger charge is -2.20. The van der Waals surface area contributed by atoms with Gasteiger partial charge in [0.05, 0.1) is 7.11 Å². The molecule has 0 amide bonds. The fourth-order valence-electron chi connectivity index (χ4n) is 1.94. The van der Waals surface area contributed by atoms with E-state index in [9.17, 15) is 0 Å². The van der Waals surface area contributed by atoms with Crippen molar-refractivity contribution in [3.63, 3.8) is 0 Å². The number of halogens is 1. The van der Waals surface area contributed by atoms with Crippen molar-refractivity contribution in [2.24, 2.45) is 0 Å². The highest BCUT2D eigenvalue weighted by Gasteiger charge is 2.02. The van der Waals surface area contributed by atoms with Gasteiger partial charge in [0.25, 0.3) is 0 Å². The quantitative estimate of drug-likeness (QED) is 0.873. The van der Waals surface area contributed by atoms with Gasteiger partial charge in [0, 0.05) is 42.6 Å². The van der Waals surface area contributed by atoms with Crippen LogP contribution < -0.4 is 15.0 Å². The van der Waals surface area contributed by atoms with Gasteiger partial charge in [-0.1, -0.05) is 23.7 Å². The van der Waals surface area contributed by atoms with Crippen molar-refractivity contribution in [3.8, 4) is 5.75 Å². The molecule has 2 rings (SSSR count). The zero-order valence-corrected chi connectivity index (χ0v) is 12.5. The molecule has 20 heavy (non-hydrogen) atoms. The lowest BCUT2D eigenvalue weighted by Crippen LogP contribution is -2.24. The molecule has 0 fully saturated rings. The zero-order valence-electron chi connectivity index (χ0n) is 11.8. The highest BCUT2D eigenvalue weighted by molar-refractivity contribution is 6.30. The first-order valence-electron chi connectivity index (χ1n) is 6.53. The Morgan fingerprint density at radius 3 is 2.70 bits per heavy atom. The molecular weight excluding hydrogens is 272 g/mol. The molecule has 4 heteroatoms. The Balaban J connectivity index is 1.87. The monoisotopic (exact) mass is 290 g/mol. The highest BCUT2D eigenvalue weighted by Crippen LogP contribution is 2.20. The molecule has 0 unspecified atom stereocenters. The van der Waals surface area contributed by atoms with Crippen molar-refractivity contribution in [3.05, 3.63) is 53.6 Å². The standard InChI is InChI=1S/C16H19ClN2O/c1-19(15-7-4-8-16(12-15)20-2)10-9-18-14-6-3-5-13(17)11-14/h3-8,11-12,18H,9-10H2,1-2H3. The lowest BCUT2D eigenvalue weighted by atomic mass is 10.2. The third-order valence-electron chi connectivity index (χ3n) is 3.10. The summed E-state index contributed by atoms with van der Waals surface area (Å²) >= 11 is 5.95. The number of nitrogens with one attached hydrogen (secondary N) is 1. The van der Waals surface area contributed by atoms with Crippen LogP contribution in [0.1, 0.15) is 0 Å². The average molecular weight is 291 g/mol. The number of anilines is 2. The second kappa shape index (κ2) is 7.06. The summed E-state index contributed by atoms with van der Waals surface area (Å²) in [4.78, 5) is 2.18. The van der Waals surface area contributed by atoms with Crippen molar-refractivity contribution in [2.75, 3.05) is 37.5 Å². The first-order chi connectivity index (χ1) is 9.69. The Morgan fingerprint density at radius 2 is 1.95 bits per heavy atom. The fourth-order valence-corrected chi connectivity index (χ4v) is 2.13. The number of rotatable bonds is 6. The molecule has 3 nitrogen and oxygen atoms in total. The van der Waals surface area contributed by atoms with E-state index >= 15 is 0 Å². The van der Waals surface area contributed by atoms with Crippen LogP contribution in [0.2, 0.25) is 5.02 Å². The fraction of sp³-hybridized carbons (Fsp3) is 0.250.